The first-order valence-electron chi connectivity index (χ1n) is 15.8. The van der Waals surface area contributed by atoms with Crippen molar-refractivity contribution >= 4 is 50.7 Å². The molecule has 0 heterocycles. The maximum atomic E-state index is 14.6. The summed E-state index contributed by atoms with van der Waals surface area (Å²) < 4.78 is 29.4. The molecule has 0 aliphatic heterocycles. The van der Waals surface area contributed by atoms with Gasteiger partial charge in [-0.15, -0.1) is 0 Å². The summed E-state index contributed by atoms with van der Waals surface area (Å²) in [6, 6.07) is 28.6. The van der Waals surface area contributed by atoms with E-state index >= 15 is 0 Å². The summed E-state index contributed by atoms with van der Waals surface area (Å²) in [5, 5.41) is 4.08. The Bertz CT molecular complexity index is 1780. The Kier molecular flexibility index (Phi) is 11.6. The number of anilines is 1. The fraction of sp³-hybridized carbons (Fsp3) is 0.297. The van der Waals surface area contributed by atoms with Gasteiger partial charge in [-0.2, -0.15) is 0 Å². The molecule has 1 saturated carbocycles. The van der Waals surface area contributed by atoms with Gasteiger partial charge in [-0.25, -0.2) is 8.42 Å². The largest absolute Gasteiger partial charge is 0.352 e. The van der Waals surface area contributed by atoms with E-state index in [4.69, 9.17) is 23.2 Å². The van der Waals surface area contributed by atoms with Crippen LogP contribution in [-0.2, 0) is 32.6 Å². The van der Waals surface area contributed by atoms with Gasteiger partial charge in [0.15, 0.2) is 0 Å². The number of benzene rings is 4. The van der Waals surface area contributed by atoms with Crippen molar-refractivity contribution in [1.29, 1.82) is 0 Å². The summed E-state index contributed by atoms with van der Waals surface area (Å²) in [5.41, 5.74) is 2.60. The van der Waals surface area contributed by atoms with Crippen LogP contribution in [0.3, 0.4) is 0 Å². The van der Waals surface area contributed by atoms with Crippen molar-refractivity contribution in [3.05, 3.63) is 130 Å². The van der Waals surface area contributed by atoms with Crippen molar-refractivity contribution in [2.75, 3.05) is 10.8 Å². The summed E-state index contributed by atoms with van der Waals surface area (Å²) in [7, 11) is -4.21. The Morgan fingerprint density at radius 2 is 1.49 bits per heavy atom. The SMILES string of the molecule is Cc1ccc(N(CC(=O)N(Cc2cccc(Cl)c2)[C@@H](Cc2ccccc2)C(=O)NC2CCCCC2)S(=O)(=O)c2ccccc2)cc1Cl. The lowest BCUT2D eigenvalue weighted by molar-refractivity contribution is -0.140. The molecule has 10 heteroatoms. The van der Waals surface area contributed by atoms with Crippen LogP contribution < -0.4 is 9.62 Å². The molecule has 1 atom stereocenters. The number of sulfonamides is 1. The van der Waals surface area contributed by atoms with Crippen molar-refractivity contribution in [2.24, 2.45) is 0 Å². The second-order valence-corrected chi connectivity index (χ2v) is 14.7. The van der Waals surface area contributed by atoms with E-state index in [2.05, 4.69) is 5.32 Å². The van der Waals surface area contributed by atoms with E-state index in [0.29, 0.717) is 15.6 Å². The molecular formula is C37H39Cl2N3O4S. The van der Waals surface area contributed by atoms with E-state index in [1.54, 1.807) is 54.6 Å². The van der Waals surface area contributed by atoms with Crippen LogP contribution in [0.5, 0.6) is 0 Å². The number of rotatable bonds is 12. The number of carbonyl (C=O) groups is 2. The molecule has 0 aromatic heterocycles. The summed E-state index contributed by atoms with van der Waals surface area (Å²) in [5.74, 6) is -0.812. The Morgan fingerprint density at radius 3 is 2.15 bits per heavy atom. The molecular weight excluding hydrogens is 653 g/mol. The smallest absolute Gasteiger partial charge is 0.264 e. The van der Waals surface area contributed by atoms with Crippen molar-refractivity contribution in [2.45, 2.75) is 69.0 Å². The highest BCUT2D eigenvalue weighted by Gasteiger charge is 2.35. The summed E-state index contributed by atoms with van der Waals surface area (Å²) in [6.07, 6.45) is 5.20. The number of nitrogens with one attached hydrogen (secondary N) is 1. The minimum absolute atomic E-state index is 0.0160. The Hall–Kier alpha value is -3.85. The summed E-state index contributed by atoms with van der Waals surface area (Å²) in [4.78, 5) is 30.4. The molecule has 0 saturated heterocycles. The predicted octanol–water partition coefficient (Wildman–Crippen LogP) is 7.59. The molecule has 4 aromatic carbocycles. The zero-order chi connectivity index (χ0) is 33.4. The highest BCUT2D eigenvalue weighted by Crippen LogP contribution is 2.29. The molecule has 7 nitrogen and oxygen atoms in total. The lowest BCUT2D eigenvalue weighted by atomic mass is 9.94. The molecule has 0 bridgehead atoms. The molecule has 0 unspecified atom stereocenters. The Labute approximate surface area is 287 Å². The average molecular weight is 693 g/mol. The van der Waals surface area contributed by atoms with Gasteiger partial charge in [0.25, 0.3) is 10.0 Å². The van der Waals surface area contributed by atoms with E-state index in [0.717, 1.165) is 47.5 Å². The first-order chi connectivity index (χ1) is 22.6. The fourth-order valence-electron chi connectivity index (χ4n) is 5.92. The predicted molar refractivity (Wildman–Crippen MR) is 188 cm³/mol. The van der Waals surface area contributed by atoms with Crippen LogP contribution in [0, 0.1) is 6.92 Å². The summed E-state index contributed by atoms with van der Waals surface area (Å²) in [6.45, 7) is 1.31. The number of aryl methyl sites for hydroxylation is 1. The number of nitrogens with zero attached hydrogens (tertiary/aromatic N) is 2. The van der Waals surface area contributed by atoms with Crippen LogP contribution in [0.15, 0.2) is 108 Å². The maximum absolute atomic E-state index is 14.6. The molecule has 2 amide bonds. The van der Waals surface area contributed by atoms with Gasteiger partial charge in [-0.3, -0.25) is 13.9 Å². The van der Waals surface area contributed by atoms with Crippen LogP contribution in [0.25, 0.3) is 0 Å². The van der Waals surface area contributed by atoms with Crippen LogP contribution in [-0.4, -0.2) is 43.8 Å². The molecule has 1 fully saturated rings. The molecule has 0 spiro atoms. The second kappa shape index (κ2) is 15.8. The third-order valence-corrected chi connectivity index (χ3v) is 10.9. The number of hydrogen-bond acceptors (Lipinski definition) is 4. The third kappa shape index (κ3) is 8.95. The first kappa shape index (κ1) is 34.5. The van der Waals surface area contributed by atoms with Gasteiger partial charge in [-0.1, -0.05) is 109 Å². The lowest BCUT2D eigenvalue weighted by Gasteiger charge is -2.35. The van der Waals surface area contributed by atoms with Gasteiger partial charge in [0.2, 0.25) is 11.8 Å². The van der Waals surface area contributed by atoms with E-state index in [-0.39, 0.29) is 35.5 Å². The van der Waals surface area contributed by atoms with Gasteiger partial charge in [0.1, 0.15) is 12.6 Å². The normalized spacial score (nSPS) is 14.3. The van der Waals surface area contributed by atoms with E-state index in [9.17, 15) is 18.0 Å². The number of hydrogen-bond donors (Lipinski definition) is 1. The number of halogens is 2. The molecule has 246 valence electrons. The zero-order valence-corrected chi connectivity index (χ0v) is 28.6. The number of amides is 2. The van der Waals surface area contributed by atoms with Crippen molar-refractivity contribution in [3.63, 3.8) is 0 Å². The van der Waals surface area contributed by atoms with Crippen LogP contribution >= 0.6 is 23.2 Å². The van der Waals surface area contributed by atoms with Crippen molar-refractivity contribution < 1.29 is 18.0 Å². The molecule has 1 N–H and O–H groups in total. The molecule has 1 aliphatic carbocycles. The van der Waals surface area contributed by atoms with E-state index in [1.165, 1.54) is 17.0 Å². The molecule has 5 rings (SSSR count). The van der Waals surface area contributed by atoms with Gasteiger partial charge >= 0.3 is 0 Å². The molecule has 0 radical (unpaired) electrons. The van der Waals surface area contributed by atoms with Crippen molar-refractivity contribution in [3.8, 4) is 0 Å². The minimum Gasteiger partial charge on any atom is -0.352 e. The zero-order valence-electron chi connectivity index (χ0n) is 26.3. The highest BCUT2D eigenvalue weighted by molar-refractivity contribution is 7.92. The Balaban J connectivity index is 1.57. The average Bonchev–Trinajstić information content (AvgIpc) is 3.07. The van der Waals surface area contributed by atoms with Gasteiger partial charge < -0.3 is 10.2 Å². The molecule has 1 aliphatic rings. The highest BCUT2D eigenvalue weighted by atomic mass is 35.5. The van der Waals surface area contributed by atoms with Crippen LogP contribution in [0.4, 0.5) is 5.69 Å². The molecule has 47 heavy (non-hydrogen) atoms. The van der Waals surface area contributed by atoms with Crippen LogP contribution in [0.1, 0.15) is 48.8 Å². The third-order valence-electron chi connectivity index (χ3n) is 8.52. The lowest BCUT2D eigenvalue weighted by Crippen LogP contribution is -2.55. The quantitative estimate of drug-likeness (QED) is 0.166. The maximum Gasteiger partial charge on any atom is 0.264 e. The molecule has 4 aromatic rings. The van der Waals surface area contributed by atoms with Gasteiger partial charge in [0, 0.05) is 29.1 Å². The van der Waals surface area contributed by atoms with Crippen LogP contribution in [0.2, 0.25) is 10.0 Å². The van der Waals surface area contributed by atoms with Gasteiger partial charge in [-0.05, 0) is 72.9 Å². The Morgan fingerprint density at radius 1 is 0.830 bits per heavy atom. The number of carbonyl (C=O) groups excluding carboxylic acids is 2. The van der Waals surface area contributed by atoms with E-state index < -0.39 is 28.5 Å². The van der Waals surface area contributed by atoms with Gasteiger partial charge in [0.05, 0.1) is 10.6 Å². The monoisotopic (exact) mass is 691 g/mol. The second-order valence-electron chi connectivity index (χ2n) is 12.0. The first-order valence-corrected chi connectivity index (χ1v) is 18.0. The van der Waals surface area contributed by atoms with E-state index in [1.807, 2.05) is 43.3 Å². The topological polar surface area (TPSA) is 86.8 Å². The standard InChI is InChI=1S/C37H39Cl2N3O4S/c1-27-20-21-32(24-34(27)39)42(47(45,46)33-18-9-4-10-19-33)26-36(43)41(25-29-14-11-15-30(38)22-29)35(23-28-12-5-2-6-13-28)37(44)40-31-16-7-3-8-17-31/h2,4-6,9-15,18-22,24,31,35H,3,7-8,16-17,23,25-26H2,1H3,(H,40,44)/t35-/m0/s1. The minimum atomic E-state index is -4.21. The fourth-order valence-corrected chi connectivity index (χ4v) is 7.73. The summed E-state index contributed by atoms with van der Waals surface area (Å²) >= 11 is 12.8. The van der Waals surface area contributed by atoms with Crippen molar-refractivity contribution in [1.82, 2.24) is 10.2 Å².